The third-order valence-corrected chi connectivity index (χ3v) is 4.03. The van der Waals surface area contributed by atoms with E-state index in [2.05, 4.69) is 4.98 Å². The Kier molecular flexibility index (Phi) is 2.45. The summed E-state index contributed by atoms with van der Waals surface area (Å²) in [6.45, 7) is 2.04. The molecule has 2 N–H and O–H groups in total. The molecule has 2 aromatic heterocycles. The van der Waals surface area contributed by atoms with Crippen LogP contribution < -0.4 is 5.56 Å². The quantitative estimate of drug-likeness (QED) is 0.703. The number of aromatic amines is 1. The number of rotatable bonds is 1. The maximum Gasteiger partial charge on any atom is 0.252 e. The van der Waals surface area contributed by atoms with Gasteiger partial charge in [0.25, 0.3) is 5.56 Å². The van der Waals surface area contributed by atoms with Crippen molar-refractivity contribution < 1.29 is 5.11 Å². The van der Waals surface area contributed by atoms with Gasteiger partial charge in [-0.25, -0.2) is 0 Å². The van der Waals surface area contributed by atoms with Gasteiger partial charge in [0.05, 0.1) is 10.2 Å². The topological polar surface area (TPSA) is 53.1 Å². The van der Waals surface area contributed by atoms with Crippen molar-refractivity contribution in [3.63, 3.8) is 0 Å². The van der Waals surface area contributed by atoms with Crippen molar-refractivity contribution in [1.29, 1.82) is 0 Å². The van der Waals surface area contributed by atoms with E-state index < -0.39 is 0 Å². The molecule has 0 aliphatic rings. The van der Waals surface area contributed by atoms with Crippen molar-refractivity contribution in [2.75, 3.05) is 0 Å². The molecule has 0 spiro atoms. The fraction of sp³-hybridized carbons (Fsp3) is 0.0714. The smallest absolute Gasteiger partial charge is 0.252 e. The van der Waals surface area contributed by atoms with Crippen LogP contribution in [0.25, 0.3) is 20.7 Å². The van der Waals surface area contributed by atoms with Gasteiger partial charge in [-0.2, -0.15) is 0 Å². The lowest BCUT2D eigenvalue weighted by atomic mass is 10.1. The average Bonchev–Trinajstić information content (AvgIpc) is 2.74. The van der Waals surface area contributed by atoms with Gasteiger partial charge >= 0.3 is 0 Å². The molecule has 0 saturated carbocycles. The number of hydrogen-bond acceptors (Lipinski definition) is 3. The summed E-state index contributed by atoms with van der Waals surface area (Å²) >= 11 is 1.47. The predicted molar refractivity (Wildman–Crippen MR) is 74.3 cm³/mol. The highest BCUT2D eigenvalue weighted by Gasteiger charge is 2.08. The zero-order valence-corrected chi connectivity index (χ0v) is 10.5. The van der Waals surface area contributed by atoms with Gasteiger partial charge < -0.3 is 10.1 Å². The number of aryl methyl sites for hydroxylation is 1. The number of aromatic nitrogens is 1. The Morgan fingerprint density at radius 1 is 1.17 bits per heavy atom. The zero-order chi connectivity index (χ0) is 12.7. The molecule has 0 unspecified atom stereocenters. The van der Waals surface area contributed by atoms with Gasteiger partial charge in [-0.3, -0.25) is 4.79 Å². The van der Waals surface area contributed by atoms with Crippen LogP contribution in [0.1, 0.15) is 5.56 Å². The van der Waals surface area contributed by atoms with Crippen LogP contribution in [0.15, 0.2) is 41.2 Å². The molecule has 3 rings (SSSR count). The first kappa shape index (κ1) is 11.0. The van der Waals surface area contributed by atoms with E-state index >= 15 is 0 Å². The third-order valence-electron chi connectivity index (χ3n) is 2.83. The molecule has 0 amide bonds. The van der Waals surface area contributed by atoms with E-state index in [4.69, 9.17) is 0 Å². The normalized spacial score (nSPS) is 10.9. The molecule has 0 aliphatic heterocycles. The van der Waals surface area contributed by atoms with Gasteiger partial charge in [-0.05, 0) is 18.6 Å². The van der Waals surface area contributed by atoms with Gasteiger partial charge in [0.2, 0.25) is 0 Å². The predicted octanol–water partition coefficient (Wildman–Crippen LogP) is 3.27. The Bertz CT molecular complexity index is 769. The van der Waals surface area contributed by atoms with Crippen LogP contribution >= 0.6 is 11.3 Å². The first-order valence-corrected chi connectivity index (χ1v) is 6.38. The van der Waals surface area contributed by atoms with Crippen LogP contribution in [-0.2, 0) is 0 Å². The van der Waals surface area contributed by atoms with Crippen molar-refractivity contribution in [3.05, 3.63) is 52.3 Å². The average molecular weight is 257 g/mol. The molecule has 18 heavy (non-hydrogen) atoms. The summed E-state index contributed by atoms with van der Waals surface area (Å²) in [5.41, 5.74) is 2.69. The SMILES string of the molecule is Cc1ccc(-c2cc3[nH]c(=O)cc(O)c3s2)cc1. The number of pyridine rings is 1. The van der Waals surface area contributed by atoms with E-state index in [0.29, 0.717) is 10.2 Å². The Morgan fingerprint density at radius 3 is 2.61 bits per heavy atom. The van der Waals surface area contributed by atoms with Gasteiger partial charge in [-0.15, -0.1) is 11.3 Å². The number of fused-ring (bicyclic) bond motifs is 1. The molecular weight excluding hydrogens is 246 g/mol. The second kappa shape index (κ2) is 3.99. The standard InChI is InChI=1S/C14H11NO2S/c1-8-2-4-9(5-3-8)12-6-10-14(18-12)11(16)7-13(17)15-10/h2-7H,1H3,(H2,15,16,17). The Hall–Kier alpha value is -2.07. The number of thiophene rings is 1. The van der Waals surface area contributed by atoms with E-state index in [0.717, 1.165) is 10.4 Å². The molecule has 0 bridgehead atoms. The highest BCUT2D eigenvalue weighted by Crippen LogP contribution is 2.36. The van der Waals surface area contributed by atoms with Crippen molar-refractivity contribution in [3.8, 4) is 16.2 Å². The van der Waals surface area contributed by atoms with Gasteiger partial charge in [0.15, 0.2) is 0 Å². The van der Waals surface area contributed by atoms with E-state index in [1.54, 1.807) is 0 Å². The maximum absolute atomic E-state index is 11.3. The minimum absolute atomic E-state index is 0.0390. The molecule has 0 aliphatic carbocycles. The fourth-order valence-electron chi connectivity index (χ4n) is 1.89. The Morgan fingerprint density at radius 2 is 1.89 bits per heavy atom. The second-order valence-corrected chi connectivity index (χ2v) is 5.29. The largest absolute Gasteiger partial charge is 0.506 e. The third kappa shape index (κ3) is 1.80. The molecule has 3 nitrogen and oxygen atoms in total. The molecule has 3 aromatic rings. The highest BCUT2D eigenvalue weighted by molar-refractivity contribution is 7.22. The van der Waals surface area contributed by atoms with Crippen LogP contribution in [0.3, 0.4) is 0 Å². The minimum Gasteiger partial charge on any atom is -0.506 e. The number of aromatic hydroxyl groups is 1. The highest BCUT2D eigenvalue weighted by atomic mass is 32.1. The van der Waals surface area contributed by atoms with Gasteiger partial charge in [-0.1, -0.05) is 29.8 Å². The summed E-state index contributed by atoms with van der Waals surface area (Å²) in [6.07, 6.45) is 0. The maximum atomic E-state index is 11.3. The van der Waals surface area contributed by atoms with Crippen molar-refractivity contribution in [2.45, 2.75) is 6.92 Å². The first-order valence-electron chi connectivity index (χ1n) is 5.56. The summed E-state index contributed by atoms with van der Waals surface area (Å²) in [5.74, 6) is 0.0390. The lowest BCUT2D eigenvalue weighted by Gasteiger charge is -1.96. The summed E-state index contributed by atoms with van der Waals surface area (Å²) in [4.78, 5) is 15.0. The Labute approximate surface area is 107 Å². The molecule has 0 saturated heterocycles. The van der Waals surface area contributed by atoms with E-state index in [9.17, 15) is 9.90 Å². The van der Waals surface area contributed by atoms with E-state index in [-0.39, 0.29) is 11.3 Å². The van der Waals surface area contributed by atoms with E-state index in [1.807, 2.05) is 37.3 Å². The zero-order valence-electron chi connectivity index (χ0n) is 9.73. The van der Waals surface area contributed by atoms with Crippen LogP contribution in [0.4, 0.5) is 0 Å². The first-order chi connectivity index (χ1) is 8.63. The monoisotopic (exact) mass is 257 g/mol. The van der Waals surface area contributed by atoms with Crippen LogP contribution in [0.2, 0.25) is 0 Å². The molecule has 1 aromatic carbocycles. The van der Waals surface area contributed by atoms with Gasteiger partial charge in [0, 0.05) is 10.9 Å². The summed E-state index contributed by atoms with van der Waals surface area (Å²) in [6, 6.07) is 11.3. The number of benzene rings is 1. The lowest BCUT2D eigenvalue weighted by Crippen LogP contribution is -2.01. The molecular formula is C14H11NO2S. The molecule has 0 fully saturated rings. The number of H-pyrrole nitrogens is 1. The van der Waals surface area contributed by atoms with Crippen LogP contribution in [0.5, 0.6) is 5.75 Å². The summed E-state index contributed by atoms with van der Waals surface area (Å²) in [5, 5.41) is 9.75. The summed E-state index contributed by atoms with van der Waals surface area (Å²) in [7, 11) is 0. The molecule has 0 atom stereocenters. The van der Waals surface area contributed by atoms with Crippen molar-refractivity contribution >= 4 is 21.6 Å². The molecule has 2 heterocycles. The van der Waals surface area contributed by atoms with Crippen LogP contribution in [0, 0.1) is 6.92 Å². The molecule has 0 radical (unpaired) electrons. The fourth-order valence-corrected chi connectivity index (χ4v) is 2.93. The lowest BCUT2D eigenvalue weighted by molar-refractivity contribution is 0.481. The number of hydrogen-bond donors (Lipinski definition) is 2. The summed E-state index contributed by atoms with van der Waals surface area (Å²) < 4.78 is 0.713. The van der Waals surface area contributed by atoms with E-state index in [1.165, 1.54) is 23.0 Å². The van der Waals surface area contributed by atoms with Gasteiger partial charge in [0.1, 0.15) is 5.75 Å². The number of nitrogens with one attached hydrogen (secondary N) is 1. The molecule has 90 valence electrons. The molecule has 4 heteroatoms. The second-order valence-electron chi connectivity index (χ2n) is 4.24. The van der Waals surface area contributed by atoms with Crippen LogP contribution in [-0.4, -0.2) is 10.1 Å². The van der Waals surface area contributed by atoms with Crippen molar-refractivity contribution in [1.82, 2.24) is 4.98 Å². The minimum atomic E-state index is -0.284. The van der Waals surface area contributed by atoms with Crippen molar-refractivity contribution in [2.24, 2.45) is 0 Å². The Balaban J connectivity index is 2.22.